The van der Waals surface area contributed by atoms with E-state index in [4.69, 9.17) is 0 Å². The van der Waals surface area contributed by atoms with E-state index in [-0.39, 0.29) is 0 Å². The van der Waals surface area contributed by atoms with Crippen LogP contribution in [-0.4, -0.2) is 10.7 Å². The quantitative estimate of drug-likeness (QED) is 0.446. The highest BCUT2D eigenvalue weighted by Gasteiger charge is 2.20. The fourth-order valence-electron chi connectivity index (χ4n) is 0.947. The highest BCUT2D eigenvalue weighted by molar-refractivity contribution is 5.94. The Balaban J connectivity index is 0.00000106. The lowest BCUT2D eigenvalue weighted by atomic mass is 10.1. The van der Waals surface area contributed by atoms with Crippen LogP contribution in [0.2, 0.25) is 0 Å². The van der Waals surface area contributed by atoms with Crippen molar-refractivity contribution in [3.05, 3.63) is 39.4 Å². The molecule has 1 aromatic carbocycles. The van der Waals surface area contributed by atoms with E-state index in [1.165, 1.54) is 0 Å². The summed E-state index contributed by atoms with van der Waals surface area (Å²) in [5.74, 6) is -3.08. The minimum Gasteiger partial charge on any atom is -0.294 e. The molecule has 0 bridgehead atoms. The Morgan fingerprint density at radius 1 is 1.25 bits per heavy atom. The molecule has 0 saturated heterocycles. The second-order valence-corrected chi connectivity index (χ2v) is 2.60. The van der Waals surface area contributed by atoms with Gasteiger partial charge in [-0.2, -0.15) is 4.39 Å². The summed E-state index contributed by atoms with van der Waals surface area (Å²) in [6.07, 6.45) is 0. The standard InChI is InChI=1S/C8H5F2NO3.C2H6/c1-4(12)5-2-8(11(13)14)7(10)3-6(5)9;1-2/h2-3H,1H3;1-2H3. The zero-order chi connectivity index (χ0) is 12.9. The molecule has 0 aliphatic carbocycles. The number of Topliss-reactive ketones (excluding diaryl/α,β-unsaturated/α-hetero) is 1. The van der Waals surface area contributed by atoms with Gasteiger partial charge >= 0.3 is 5.69 Å². The summed E-state index contributed by atoms with van der Waals surface area (Å²) in [5.41, 5.74) is -1.39. The van der Waals surface area contributed by atoms with Crippen molar-refractivity contribution in [3.63, 3.8) is 0 Å². The molecular formula is C10H11F2NO3. The minimum absolute atomic E-state index is 0.328. The lowest BCUT2D eigenvalue weighted by Gasteiger charge is -1.99. The number of benzene rings is 1. The Morgan fingerprint density at radius 2 is 1.75 bits per heavy atom. The Bertz CT molecular complexity index is 384. The Kier molecular flexibility index (Phi) is 5.21. The fraction of sp³-hybridized carbons (Fsp3) is 0.300. The van der Waals surface area contributed by atoms with Gasteiger partial charge in [0.2, 0.25) is 5.82 Å². The van der Waals surface area contributed by atoms with Crippen molar-refractivity contribution < 1.29 is 18.5 Å². The highest BCUT2D eigenvalue weighted by atomic mass is 19.1. The molecule has 4 nitrogen and oxygen atoms in total. The molecule has 0 spiro atoms. The summed E-state index contributed by atoms with van der Waals surface area (Å²) < 4.78 is 25.6. The molecule has 0 radical (unpaired) electrons. The molecule has 6 heteroatoms. The number of hydrogen-bond acceptors (Lipinski definition) is 3. The van der Waals surface area contributed by atoms with Gasteiger partial charge in [-0.05, 0) is 6.92 Å². The van der Waals surface area contributed by atoms with E-state index >= 15 is 0 Å². The van der Waals surface area contributed by atoms with Gasteiger partial charge in [-0.3, -0.25) is 14.9 Å². The van der Waals surface area contributed by atoms with Gasteiger partial charge in [0.05, 0.1) is 10.5 Å². The van der Waals surface area contributed by atoms with E-state index in [1.54, 1.807) is 0 Å². The van der Waals surface area contributed by atoms with Crippen molar-refractivity contribution in [1.29, 1.82) is 0 Å². The van der Waals surface area contributed by atoms with Gasteiger partial charge in [-0.25, -0.2) is 4.39 Å². The number of carbonyl (C=O) groups excluding carboxylic acids is 1. The van der Waals surface area contributed by atoms with Gasteiger partial charge in [-0.1, -0.05) is 13.8 Å². The predicted molar refractivity (Wildman–Crippen MR) is 54.4 cm³/mol. The number of nitrogens with zero attached hydrogens (tertiary/aromatic N) is 1. The summed E-state index contributed by atoms with van der Waals surface area (Å²) in [5, 5.41) is 10.2. The topological polar surface area (TPSA) is 60.2 Å². The second kappa shape index (κ2) is 5.89. The van der Waals surface area contributed by atoms with Crippen LogP contribution in [0, 0.1) is 21.7 Å². The third kappa shape index (κ3) is 3.08. The van der Waals surface area contributed by atoms with Crippen LogP contribution in [0.15, 0.2) is 12.1 Å². The first-order valence-corrected chi connectivity index (χ1v) is 4.58. The van der Waals surface area contributed by atoms with Crippen LogP contribution >= 0.6 is 0 Å². The van der Waals surface area contributed by atoms with E-state index < -0.39 is 33.6 Å². The summed E-state index contributed by atoms with van der Waals surface area (Å²) >= 11 is 0. The van der Waals surface area contributed by atoms with Crippen LogP contribution < -0.4 is 0 Å². The first-order valence-electron chi connectivity index (χ1n) is 4.58. The molecule has 0 amide bonds. The molecule has 1 aromatic rings. The van der Waals surface area contributed by atoms with Crippen LogP contribution in [0.25, 0.3) is 0 Å². The first kappa shape index (κ1) is 14.2. The van der Waals surface area contributed by atoms with Crippen molar-refractivity contribution in [2.45, 2.75) is 20.8 Å². The minimum atomic E-state index is -1.29. The molecule has 0 heterocycles. The van der Waals surface area contributed by atoms with Crippen molar-refractivity contribution in [3.8, 4) is 0 Å². The van der Waals surface area contributed by atoms with Gasteiger partial charge in [0.25, 0.3) is 0 Å². The van der Waals surface area contributed by atoms with Gasteiger partial charge in [0.1, 0.15) is 5.82 Å². The van der Waals surface area contributed by atoms with Crippen LogP contribution in [0.3, 0.4) is 0 Å². The fourth-order valence-corrected chi connectivity index (χ4v) is 0.947. The maximum absolute atomic E-state index is 12.9. The molecule has 0 unspecified atom stereocenters. The Hall–Kier alpha value is -1.85. The molecule has 0 saturated carbocycles. The van der Waals surface area contributed by atoms with Crippen molar-refractivity contribution >= 4 is 11.5 Å². The smallest absolute Gasteiger partial charge is 0.294 e. The zero-order valence-electron chi connectivity index (χ0n) is 9.08. The first-order chi connectivity index (χ1) is 7.43. The second-order valence-electron chi connectivity index (χ2n) is 2.60. The number of rotatable bonds is 2. The van der Waals surface area contributed by atoms with Gasteiger partial charge in [-0.15, -0.1) is 0 Å². The highest BCUT2D eigenvalue weighted by Crippen LogP contribution is 2.21. The average molecular weight is 231 g/mol. The SMILES string of the molecule is CC.CC(=O)c1cc([N+](=O)[O-])c(F)cc1F. The van der Waals surface area contributed by atoms with Crippen LogP contribution in [0.5, 0.6) is 0 Å². The van der Waals surface area contributed by atoms with Gasteiger partial charge in [0, 0.05) is 12.1 Å². The zero-order valence-corrected chi connectivity index (χ0v) is 9.08. The third-order valence-corrected chi connectivity index (χ3v) is 1.61. The van der Waals surface area contributed by atoms with Gasteiger partial charge < -0.3 is 0 Å². The van der Waals surface area contributed by atoms with E-state index in [1.807, 2.05) is 13.8 Å². The summed E-state index contributed by atoms with van der Waals surface area (Å²) in [4.78, 5) is 20.0. The van der Waals surface area contributed by atoms with E-state index in [0.29, 0.717) is 12.1 Å². The van der Waals surface area contributed by atoms with Crippen molar-refractivity contribution in [1.82, 2.24) is 0 Å². The van der Waals surface area contributed by atoms with E-state index in [0.717, 1.165) is 6.92 Å². The number of hydrogen-bond donors (Lipinski definition) is 0. The van der Waals surface area contributed by atoms with E-state index in [9.17, 15) is 23.7 Å². The molecule has 0 N–H and O–H groups in total. The molecule has 1 rings (SSSR count). The molecule has 0 aliphatic heterocycles. The lowest BCUT2D eigenvalue weighted by molar-refractivity contribution is -0.387. The normalized spacial score (nSPS) is 9.06. The molecule has 0 aliphatic rings. The number of halogens is 2. The van der Waals surface area contributed by atoms with Gasteiger partial charge in [0.15, 0.2) is 5.78 Å². The predicted octanol–water partition coefficient (Wildman–Crippen LogP) is 3.10. The summed E-state index contributed by atoms with van der Waals surface area (Å²) in [6, 6.07) is 0.919. The van der Waals surface area contributed by atoms with Crippen LogP contribution in [-0.2, 0) is 0 Å². The molecule has 16 heavy (non-hydrogen) atoms. The Morgan fingerprint density at radius 3 is 2.12 bits per heavy atom. The Labute approximate surface area is 91.0 Å². The molecule has 0 fully saturated rings. The lowest BCUT2D eigenvalue weighted by Crippen LogP contribution is -2.01. The third-order valence-electron chi connectivity index (χ3n) is 1.61. The number of nitro benzene ring substituents is 1. The average Bonchev–Trinajstić information content (AvgIpc) is 2.19. The monoisotopic (exact) mass is 231 g/mol. The molecule has 0 atom stereocenters. The maximum atomic E-state index is 12.9. The largest absolute Gasteiger partial charge is 0.305 e. The molecule has 0 aromatic heterocycles. The molecule has 88 valence electrons. The number of carbonyl (C=O) groups is 1. The summed E-state index contributed by atoms with van der Waals surface area (Å²) in [7, 11) is 0. The van der Waals surface area contributed by atoms with Crippen molar-refractivity contribution in [2.24, 2.45) is 0 Å². The van der Waals surface area contributed by atoms with Crippen LogP contribution in [0.1, 0.15) is 31.1 Å². The maximum Gasteiger partial charge on any atom is 0.305 e. The van der Waals surface area contributed by atoms with E-state index in [2.05, 4.69) is 0 Å². The number of nitro groups is 1. The molecular weight excluding hydrogens is 220 g/mol. The summed E-state index contributed by atoms with van der Waals surface area (Å²) in [6.45, 7) is 5.04. The van der Waals surface area contributed by atoms with Crippen LogP contribution in [0.4, 0.5) is 14.5 Å². The van der Waals surface area contributed by atoms with Crippen molar-refractivity contribution in [2.75, 3.05) is 0 Å². The number of ketones is 1.